The van der Waals surface area contributed by atoms with Gasteiger partial charge in [-0.2, -0.15) is 0 Å². The molecule has 7 nitrogen and oxygen atoms in total. The summed E-state index contributed by atoms with van der Waals surface area (Å²) in [6.45, 7) is 0. The van der Waals surface area contributed by atoms with Gasteiger partial charge < -0.3 is 20.9 Å². The number of rotatable bonds is 4. The standard InChI is InChI=1S/C17H12Cl2N2O5/c18-10-5-6-11(19)14-13(10)17(25,15(23)21-14)7-12(22)8-1-3-9(4-2-8)26-16(20)24/h1-6,25H,7H2,(H2,20,24)(H,21,23). The van der Waals surface area contributed by atoms with Gasteiger partial charge in [0, 0.05) is 16.1 Å². The summed E-state index contributed by atoms with van der Waals surface area (Å²) in [5, 5.41) is 13.6. The van der Waals surface area contributed by atoms with Crippen molar-refractivity contribution in [3.8, 4) is 5.75 Å². The highest BCUT2D eigenvalue weighted by Gasteiger charge is 2.49. The molecule has 1 atom stereocenters. The first-order valence-electron chi connectivity index (χ1n) is 7.35. The Labute approximate surface area is 157 Å². The maximum atomic E-state index is 12.5. The van der Waals surface area contributed by atoms with Crippen molar-refractivity contribution < 1.29 is 24.2 Å². The summed E-state index contributed by atoms with van der Waals surface area (Å²) in [7, 11) is 0. The molecular formula is C17H12Cl2N2O5. The number of carbonyl (C=O) groups is 3. The highest BCUT2D eigenvalue weighted by atomic mass is 35.5. The molecule has 134 valence electrons. The number of benzene rings is 2. The molecule has 2 amide bonds. The predicted octanol–water partition coefficient (Wildman–Crippen LogP) is 2.86. The number of carbonyl (C=O) groups excluding carboxylic acids is 3. The van der Waals surface area contributed by atoms with Crippen molar-refractivity contribution in [3.05, 3.63) is 57.6 Å². The molecule has 26 heavy (non-hydrogen) atoms. The van der Waals surface area contributed by atoms with Gasteiger partial charge in [-0.3, -0.25) is 9.59 Å². The van der Waals surface area contributed by atoms with Crippen LogP contribution in [0.15, 0.2) is 36.4 Å². The normalized spacial score (nSPS) is 18.2. The topological polar surface area (TPSA) is 119 Å². The summed E-state index contributed by atoms with van der Waals surface area (Å²) in [6.07, 6.45) is -1.52. The largest absolute Gasteiger partial charge is 0.411 e. The van der Waals surface area contributed by atoms with Crippen LogP contribution in [0.4, 0.5) is 10.5 Å². The number of nitrogens with one attached hydrogen (secondary N) is 1. The molecule has 3 rings (SSSR count). The zero-order valence-corrected chi connectivity index (χ0v) is 14.6. The van der Waals surface area contributed by atoms with Gasteiger partial charge in [0.05, 0.1) is 17.1 Å². The van der Waals surface area contributed by atoms with Gasteiger partial charge in [0.1, 0.15) is 5.75 Å². The Morgan fingerprint density at radius 3 is 2.35 bits per heavy atom. The smallest absolute Gasteiger partial charge is 0.409 e. The van der Waals surface area contributed by atoms with Crippen LogP contribution in [0.1, 0.15) is 22.3 Å². The summed E-state index contributed by atoms with van der Waals surface area (Å²) >= 11 is 12.1. The lowest BCUT2D eigenvalue weighted by Gasteiger charge is -2.21. The van der Waals surface area contributed by atoms with Gasteiger partial charge in [-0.15, -0.1) is 0 Å². The molecule has 1 unspecified atom stereocenters. The van der Waals surface area contributed by atoms with Crippen LogP contribution in [0.2, 0.25) is 10.0 Å². The number of hydrogen-bond acceptors (Lipinski definition) is 5. The van der Waals surface area contributed by atoms with Crippen molar-refractivity contribution in [2.24, 2.45) is 5.73 Å². The minimum absolute atomic E-state index is 0.0682. The number of anilines is 1. The third-order valence-electron chi connectivity index (χ3n) is 3.94. The Morgan fingerprint density at radius 1 is 1.12 bits per heavy atom. The average molecular weight is 395 g/mol. The number of nitrogens with two attached hydrogens (primary N) is 1. The molecule has 0 radical (unpaired) electrons. The lowest BCUT2D eigenvalue weighted by molar-refractivity contribution is -0.133. The highest BCUT2D eigenvalue weighted by Crippen LogP contribution is 2.46. The van der Waals surface area contributed by atoms with Gasteiger partial charge in [-0.05, 0) is 36.4 Å². The first-order chi connectivity index (χ1) is 12.2. The molecule has 1 heterocycles. The van der Waals surface area contributed by atoms with E-state index in [0.29, 0.717) is 0 Å². The Morgan fingerprint density at radius 2 is 1.73 bits per heavy atom. The summed E-state index contributed by atoms with van der Waals surface area (Å²) < 4.78 is 4.68. The molecule has 0 aromatic heterocycles. The van der Waals surface area contributed by atoms with Gasteiger partial charge >= 0.3 is 6.09 Å². The Hall–Kier alpha value is -2.61. The molecule has 0 fully saturated rings. The summed E-state index contributed by atoms with van der Waals surface area (Å²) in [5.41, 5.74) is 3.22. The summed E-state index contributed by atoms with van der Waals surface area (Å²) in [4.78, 5) is 35.5. The number of halogens is 2. The van der Waals surface area contributed by atoms with Crippen LogP contribution in [0.3, 0.4) is 0 Å². The molecule has 0 saturated heterocycles. The van der Waals surface area contributed by atoms with E-state index in [1.54, 1.807) is 0 Å². The number of hydrogen-bond donors (Lipinski definition) is 3. The van der Waals surface area contributed by atoms with E-state index in [1.165, 1.54) is 36.4 Å². The van der Waals surface area contributed by atoms with Crippen molar-refractivity contribution in [3.63, 3.8) is 0 Å². The van der Waals surface area contributed by atoms with Crippen molar-refractivity contribution in [1.29, 1.82) is 0 Å². The molecule has 2 aromatic carbocycles. The van der Waals surface area contributed by atoms with Gasteiger partial charge in [-0.25, -0.2) is 4.79 Å². The maximum absolute atomic E-state index is 12.5. The van der Waals surface area contributed by atoms with Crippen molar-refractivity contribution in [2.45, 2.75) is 12.0 Å². The second-order valence-corrected chi connectivity index (χ2v) is 6.45. The number of aliphatic hydroxyl groups is 1. The minimum atomic E-state index is -2.14. The fraction of sp³-hybridized carbons (Fsp3) is 0.118. The van der Waals surface area contributed by atoms with E-state index >= 15 is 0 Å². The number of ketones is 1. The van der Waals surface area contributed by atoms with Crippen LogP contribution in [0, 0.1) is 0 Å². The van der Waals surface area contributed by atoms with Crippen LogP contribution in [0.5, 0.6) is 5.75 Å². The number of fused-ring (bicyclic) bond motifs is 1. The summed E-state index contributed by atoms with van der Waals surface area (Å²) in [5.74, 6) is -1.15. The molecular weight excluding hydrogens is 383 g/mol. The second kappa shape index (κ2) is 6.60. The van der Waals surface area contributed by atoms with Crippen molar-refractivity contribution >= 4 is 46.7 Å². The Bertz CT molecular complexity index is 929. The third kappa shape index (κ3) is 3.12. The molecule has 0 saturated carbocycles. The van der Waals surface area contributed by atoms with Gasteiger partial charge in [0.25, 0.3) is 5.91 Å². The van der Waals surface area contributed by atoms with E-state index in [9.17, 15) is 19.5 Å². The molecule has 1 aliphatic heterocycles. The Kier molecular flexibility index (Phi) is 4.62. The third-order valence-corrected chi connectivity index (χ3v) is 4.57. The van der Waals surface area contributed by atoms with E-state index < -0.39 is 29.8 Å². The lowest BCUT2D eigenvalue weighted by atomic mass is 9.88. The van der Waals surface area contributed by atoms with Crippen LogP contribution >= 0.6 is 23.2 Å². The van der Waals surface area contributed by atoms with Gasteiger partial charge in [-0.1, -0.05) is 23.2 Å². The zero-order chi connectivity index (χ0) is 19.1. The van der Waals surface area contributed by atoms with E-state index in [4.69, 9.17) is 28.9 Å². The number of Topliss-reactive ketones (excluding diaryl/α,β-unsaturated/α-hetero) is 1. The Balaban J connectivity index is 1.89. The molecule has 0 spiro atoms. The average Bonchev–Trinajstić information content (AvgIpc) is 2.83. The van der Waals surface area contributed by atoms with Gasteiger partial charge in [0.15, 0.2) is 11.4 Å². The molecule has 9 heteroatoms. The maximum Gasteiger partial charge on any atom is 0.409 e. The quantitative estimate of drug-likeness (QED) is 0.688. The number of amides is 2. The molecule has 4 N–H and O–H groups in total. The summed E-state index contributed by atoms with van der Waals surface area (Å²) in [6, 6.07) is 8.43. The van der Waals surface area contributed by atoms with E-state index in [-0.39, 0.29) is 32.6 Å². The molecule has 2 aromatic rings. The first-order valence-corrected chi connectivity index (χ1v) is 8.11. The van der Waals surface area contributed by atoms with Crippen LogP contribution in [-0.4, -0.2) is 22.9 Å². The molecule has 0 bridgehead atoms. The minimum Gasteiger partial charge on any atom is -0.411 e. The fourth-order valence-electron chi connectivity index (χ4n) is 2.74. The van der Waals surface area contributed by atoms with E-state index in [0.717, 1.165) is 0 Å². The number of ether oxygens (including phenoxy) is 1. The van der Waals surface area contributed by atoms with Crippen LogP contribution in [0.25, 0.3) is 0 Å². The highest BCUT2D eigenvalue weighted by molar-refractivity contribution is 6.38. The van der Waals surface area contributed by atoms with Crippen LogP contribution in [-0.2, 0) is 10.4 Å². The van der Waals surface area contributed by atoms with Crippen LogP contribution < -0.4 is 15.8 Å². The van der Waals surface area contributed by atoms with Crippen molar-refractivity contribution in [2.75, 3.05) is 5.32 Å². The molecule has 0 aliphatic carbocycles. The van der Waals surface area contributed by atoms with E-state index in [2.05, 4.69) is 10.1 Å². The lowest BCUT2D eigenvalue weighted by Crippen LogP contribution is -2.36. The zero-order valence-electron chi connectivity index (χ0n) is 13.1. The monoisotopic (exact) mass is 394 g/mol. The SMILES string of the molecule is NC(=O)Oc1ccc(C(=O)CC2(O)C(=O)Nc3c(Cl)ccc(Cl)c32)cc1. The van der Waals surface area contributed by atoms with E-state index in [1.807, 2.05) is 0 Å². The molecule has 1 aliphatic rings. The number of primary amides is 1. The first kappa shape index (κ1) is 18.2. The van der Waals surface area contributed by atoms with Gasteiger partial charge in [0.2, 0.25) is 0 Å². The predicted molar refractivity (Wildman–Crippen MR) is 94.6 cm³/mol. The second-order valence-electron chi connectivity index (χ2n) is 5.64. The fourth-order valence-corrected chi connectivity index (χ4v) is 3.26. The van der Waals surface area contributed by atoms with Crippen molar-refractivity contribution in [1.82, 2.24) is 0 Å².